The van der Waals surface area contributed by atoms with Gasteiger partial charge in [-0.25, -0.2) is 0 Å². The van der Waals surface area contributed by atoms with Crippen molar-refractivity contribution >= 4 is 68.0 Å². The van der Waals surface area contributed by atoms with Crippen molar-refractivity contribution in [2.45, 2.75) is 19.9 Å². The lowest BCUT2D eigenvalue weighted by molar-refractivity contribution is -0.120. The highest BCUT2D eigenvalue weighted by molar-refractivity contribution is 7.21. The van der Waals surface area contributed by atoms with Crippen molar-refractivity contribution in [3.05, 3.63) is 32.1 Å². The van der Waals surface area contributed by atoms with Gasteiger partial charge in [0.2, 0.25) is 5.91 Å². The molecule has 1 aromatic heterocycles. The van der Waals surface area contributed by atoms with E-state index in [1.165, 1.54) is 11.3 Å². The minimum absolute atomic E-state index is 0.0123. The van der Waals surface area contributed by atoms with Crippen molar-refractivity contribution in [3.8, 4) is 0 Å². The van der Waals surface area contributed by atoms with E-state index >= 15 is 0 Å². The maximum atomic E-state index is 12.2. The maximum absolute atomic E-state index is 12.2. The second kappa shape index (κ2) is 7.04. The van der Waals surface area contributed by atoms with Crippen LogP contribution in [0.4, 0.5) is 0 Å². The maximum Gasteiger partial charge on any atom is 0.263 e. The summed E-state index contributed by atoms with van der Waals surface area (Å²) in [6.07, 6.45) is 0. The zero-order valence-electron chi connectivity index (χ0n) is 11.8. The van der Waals surface area contributed by atoms with Crippen LogP contribution in [0.3, 0.4) is 0 Å². The van der Waals surface area contributed by atoms with Gasteiger partial charge < -0.3 is 10.6 Å². The number of carbonyl (C=O) groups excluding carboxylic acids is 2. The summed E-state index contributed by atoms with van der Waals surface area (Å²) in [7, 11) is 0. The number of thiophene rings is 1. The number of nitrogens with one attached hydrogen (secondary N) is 2. The Kier molecular flexibility index (Phi) is 5.55. The predicted molar refractivity (Wildman–Crippen MR) is 92.5 cm³/mol. The van der Waals surface area contributed by atoms with E-state index in [2.05, 4.69) is 10.6 Å². The largest absolute Gasteiger partial charge is 0.352 e. The van der Waals surface area contributed by atoms with Gasteiger partial charge in [0.05, 0.1) is 16.6 Å². The topological polar surface area (TPSA) is 58.2 Å². The van der Waals surface area contributed by atoms with E-state index in [0.717, 1.165) is 4.70 Å². The summed E-state index contributed by atoms with van der Waals surface area (Å²) in [5.74, 6) is -0.682. The Morgan fingerprint density at radius 2 is 1.91 bits per heavy atom. The van der Waals surface area contributed by atoms with E-state index in [1.807, 2.05) is 13.8 Å². The van der Waals surface area contributed by atoms with Crippen molar-refractivity contribution in [1.82, 2.24) is 10.6 Å². The van der Waals surface area contributed by atoms with Crippen molar-refractivity contribution in [3.63, 3.8) is 0 Å². The van der Waals surface area contributed by atoms with E-state index < -0.39 is 5.91 Å². The molecule has 1 heterocycles. The molecular formula is C14H13Cl3N2O2S. The molecule has 0 saturated heterocycles. The molecule has 8 heteroatoms. The molecule has 0 unspecified atom stereocenters. The van der Waals surface area contributed by atoms with E-state index in [0.29, 0.717) is 20.3 Å². The molecule has 22 heavy (non-hydrogen) atoms. The lowest BCUT2D eigenvalue weighted by Crippen LogP contribution is -2.39. The van der Waals surface area contributed by atoms with Crippen LogP contribution in [0, 0.1) is 0 Å². The Bertz CT molecular complexity index is 743. The quantitative estimate of drug-likeness (QED) is 0.839. The molecule has 2 amide bonds. The van der Waals surface area contributed by atoms with Crippen molar-refractivity contribution in [1.29, 1.82) is 0 Å². The van der Waals surface area contributed by atoms with Crippen LogP contribution >= 0.6 is 46.1 Å². The summed E-state index contributed by atoms with van der Waals surface area (Å²) in [5.41, 5.74) is 0. The Morgan fingerprint density at radius 1 is 1.23 bits per heavy atom. The van der Waals surface area contributed by atoms with Crippen molar-refractivity contribution < 1.29 is 9.59 Å². The third kappa shape index (κ3) is 3.84. The van der Waals surface area contributed by atoms with E-state index in [-0.39, 0.29) is 23.5 Å². The zero-order valence-corrected chi connectivity index (χ0v) is 14.9. The third-order valence-corrected chi connectivity index (χ3v) is 4.86. The highest BCUT2D eigenvalue weighted by atomic mass is 35.5. The van der Waals surface area contributed by atoms with Gasteiger partial charge in [0.15, 0.2) is 0 Å². The van der Waals surface area contributed by atoms with Crippen LogP contribution in [0.5, 0.6) is 0 Å². The number of fused-ring (bicyclic) bond motifs is 1. The first-order valence-corrected chi connectivity index (χ1v) is 8.39. The van der Waals surface area contributed by atoms with Gasteiger partial charge in [0, 0.05) is 21.2 Å². The first kappa shape index (κ1) is 17.3. The molecule has 2 N–H and O–H groups in total. The molecule has 118 valence electrons. The van der Waals surface area contributed by atoms with Crippen LogP contribution in [-0.2, 0) is 4.79 Å². The summed E-state index contributed by atoms with van der Waals surface area (Å²) in [4.78, 5) is 24.0. The Balaban J connectivity index is 2.20. The molecule has 0 aliphatic carbocycles. The first-order chi connectivity index (χ1) is 10.3. The average Bonchev–Trinajstić information content (AvgIpc) is 2.72. The summed E-state index contributed by atoms with van der Waals surface area (Å²) in [6, 6.07) is 3.28. The van der Waals surface area contributed by atoms with Gasteiger partial charge in [0.1, 0.15) is 4.88 Å². The standard InChI is InChI=1S/C14H13Cl3N2O2S/c1-6(2)19-10(20)5-18-14(21)13-12(17)11-8(16)3-7(15)4-9(11)22-13/h3-4,6H,5H2,1-2H3,(H,18,21)(H,19,20). The SMILES string of the molecule is CC(C)NC(=O)CNC(=O)c1sc2cc(Cl)cc(Cl)c2c1Cl. The number of halogens is 3. The van der Waals surface area contributed by atoms with Crippen molar-refractivity contribution in [2.24, 2.45) is 0 Å². The fourth-order valence-corrected chi connectivity index (χ4v) is 4.17. The summed E-state index contributed by atoms with van der Waals surface area (Å²) < 4.78 is 0.722. The van der Waals surface area contributed by atoms with Crippen LogP contribution in [0.1, 0.15) is 23.5 Å². The lowest BCUT2D eigenvalue weighted by atomic mass is 10.2. The Labute approximate surface area is 146 Å². The summed E-state index contributed by atoms with van der Waals surface area (Å²) in [6.45, 7) is 3.57. The normalized spacial score (nSPS) is 11.0. The van der Waals surface area contributed by atoms with Gasteiger partial charge in [-0.1, -0.05) is 34.8 Å². The fraction of sp³-hybridized carbons (Fsp3) is 0.286. The molecule has 2 rings (SSSR count). The van der Waals surface area contributed by atoms with E-state index in [1.54, 1.807) is 12.1 Å². The third-order valence-electron chi connectivity index (χ3n) is 2.72. The fourth-order valence-electron chi connectivity index (χ4n) is 1.87. The minimum atomic E-state index is -0.419. The van der Waals surface area contributed by atoms with Gasteiger partial charge in [-0.05, 0) is 26.0 Å². The summed E-state index contributed by atoms with van der Waals surface area (Å²) in [5, 5.41) is 6.94. The van der Waals surface area contributed by atoms with Gasteiger partial charge in [-0.2, -0.15) is 0 Å². The van der Waals surface area contributed by atoms with Gasteiger partial charge in [0.25, 0.3) is 5.91 Å². The van der Waals surface area contributed by atoms with Crippen molar-refractivity contribution in [2.75, 3.05) is 6.54 Å². The second-order valence-corrected chi connectivity index (χ2v) is 7.18. The van der Waals surface area contributed by atoms with Crippen LogP contribution in [0.2, 0.25) is 15.1 Å². The second-order valence-electron chi connectivity index (χ2n) is 4.91. The van der Waals surface area contributed by atoms with E-state index in [9.17, 15) is 9.59 Å². The minimum Gasteiger partial charge on any atom is -0.352 e. The number of hydrogen-bond donors (Lipinski definition) is 2. The molecule has 0 radical (unpaired) electrons. The van der Waals surface area contributed by atoms with Gasteiger partial charge in [-0.3, -0.25) is 9.59 Å². The van der Waals surface area contributed by atoms with E-state index in [4.69, 9.17) is 34.8 Å². The van der Waals surface area contributed by atoms with Crippen LogP contribution in [-0.4, -0.2) is 24.4 Å². The molecule has 0 saturated carbocycles. The first-order valence-electron chi connectivity index (χ1n) is 6.44. The monoisotopic (exact) mass is 378 g/mol. The molecule has 2 aromatic rings. The Morgan fingerprint density at radius 3 is 2.55 bits per heavy atom. The molecule has 0 atom stereocenters. The number of hydrogen-bond acceptors (Lipinski definition) is 3. The molecule has 4 nitrogen and oxygen atoms in total. The molecule has 0 bridgehead atoms. The molecule has 0 aliphatic rings. The highest BCUT2D eigenvalue weighted by Gasteiger charge is 2.20. The predicted octanol–water partition coefficient (Wildman–Crippen LogP) is 4.12. The lowest BCUT2D eigenvalue weighted by Gasteiger charge is -2.08. The molecule has 0 fully saturated rings. The van der Waals surface area contributed by atoms with Gasteiger partial charge >= 0.3 is 0 Å². The zero-order chi connectivity index (χ0) is 16.4. The molecule has 1 aromatic carbocycles. The average molecular weight is 380 g/mol. The number of carbonyl (C=O) groups is 2. The van der Waals surface area contributed by atoms with Gasteiger partial charge in [-0.15, -0.1) is 11.3 Å². The highest BCUT2D eigenvalue weighted by Crippen LogP contribution is 2.41. The van der Waals surface area contributed by atoms with Crippen LogP contribution in [0.15, 0.2) is 12.1 Å². The van der Waals surface area contributed by atoms with Crippen LogP contribution in [0.25, 0.3) is 10.1 Å². The number of amides is 2. The van der Waals surface area contributed by atoms with Crippen LogP contribution < -0.4 is 10.6 Å². The molecular weight excluding hydrogens is 367 g/mol. The smallest absolute Gasteiger partial charge is 0.263 e. The number of rotatable bonds is 4. The number of benzene rings is 1. The Hall–Kier alpha value is -1.01. The molecule has 0 spiro atoms. The summed E-state index contributed by atoms with van der Waals surface area (Å²) >= 11 is 19.5. The molecule has 0 aliphatic heterocycles.